The number of methoxy groups -OCH3 is 1. The molecule has 29 heavy (non-hydrogen) atoms. The summed E-state index contributed by atoms with van der Waals surface area (Å²) in [5, 5.41) is 9.66. The maximum atomic E-state index is 12.6. The van der Waals surface area contributed by atoms with E-state index in [-0.39, 0.29) is 16.1 Å². The molecular formula is C20H25N3O5S. The number of anilines is 2. The Hall–Kier alpha value is -2.78. The fraction of sp³-hybridized carbons (Fsp3) is 0.350. The third-order valence-electron chi connectivity index (χ3n) is 5.01. The maximum Gasteiger partial charge on any atom is 0.337 e. The summed E-state index contributed by atoms with van der Waals surface area (Å²) < 4.78 is 32.7. The number of carbonyl (C=O) groups is 1. The number of carboxylic acids is 1. The normalized spacial score (nSPS) is 15.2. The van der Waals surface area contributed by atoms with Gasteiger partial charge < -0.3 is 19.6 Å². The number of nitrogens with one attached hydrogen (secondary N) is 1. The van der Waals surface area contributed by atoms with Crippen LogP contribution in [-0.2, 0) is 10.0 Å². The minimum absolute atomic E-state index is 0.0648. The van der Waals surface area contributed by atoms with Gasteiger partial charge in [-0.1, -0.05) is 6.92 Å². The van der Waals surface area contributed by atoms with E-state index in [1.165, 1.54) is 25.3 Å². The van der Waals surface area contributed by atoms with Gasteiger partial charge >= 0.3 is 5.97 Å². The van der Waals surface area contributed by atoms with Gasteiger partial charge in [-0.2, -0.15) is 0 Å². The number of hydrogen-bond donors (Lipinski definition) is 2. The summed E-state index contributed by atoms with van der Waals surface area (Å²) >= 11 is 0. The monoisotopic (exact) mass is 419 g/mol. The van der Waals surface area contributed by atoms with Crippen molar-refractivity contribution in [1.29, 1.82) is 0 Å². The fourth-order valence-electron chi connectivity index (χ4n) is 3.32. The Balaban J connectivity index is 1.83. The number of aromatic carboxylic acids is 1. The number of hydrogen-bond acceptors (Lipinski definition) is 6. The molecule has 1 aliphatic rings. The predicted molar refractivity (Wildman–Crippen MR) is 112 cm³/mol. The molecule has 1 aliphatic heterocycles. The second-order valence-corrected chi connectivity index (χ2v) is 8.42. The molecule has 0 bridgehead atoms. The highest BCUT2D eigenvalue weighted by molar-refractivity contribution is 7.92. The van der Waals surface area contributed by atoms with Crippen molar-refractivity contribution < 1.29 is 23.1 Å². The summed E-state index contributed by atoms with van der Waals surface area (Å²) in [5.41, 5.74) is 0.875. The van der Waals surface area contributed by atoms with Crippen LogP contribution in [0.1, 0.15) is 17.3 Å². The first-order chi connectivity index (χ1) is 13.8. The molecule has 1 fully saturated rings. The molecule has 0 radical (unpaired) electrons. The first-order valence-electron chi connectivity index (χ1n) is 9.35. The first-order valence-corrected chi connectivity index (χ1v) is 10.8. The Morgan fingerprint density at radius 3 is 2.31 bits per heavy atom. The minimum Gasteiger partial charge on any atom is -0.497 e. The maximum absolute atomic E-state index is 12.6. The zero-order chi connectivity index (χ0) is 21.0. The lowest BCUT2D eigenvalue weighted by Crippen LogP contribution is -2.46. The number of benzene rings is 2. The van der Waals surface area contributed by atoms with E-state index in [0.29, 0.717) is 11.4 Å². The zero-order valence-electron chi connectivity index (χ0n) is 16.5. The number of piperazine rings is 1. The van der Waals surface area contributed by atoms with Crippen molar-refractivity contribution in [3.8, 4) is 5.75 Å². The predicted octanol–water partition coefficient (Wildman–Crippen LogP) is 2.34. The molecule has 0 saturated carbocycles. The molecule has 1 heterocycles. The van der Waals surface area contributed by atoms with Gasteiger partial charge in [0, 0.05) is 31.9 Å². The molecule has 1 saturated heterocycles. The standard InChI is InChI=1S/C20H25N3O5S/c1-3-22-10-12-23(13-11-22)19-9-4-15(14-18(19)20(24)25)21-29(26,27)17-7-5-16(28-2)6-8-17/h4-9,14,21H,3,10-13H2,1-2H3,(H,24,25). The third-order valence-corrected chi connectivity index (χ3v) is 6.41. The lowest BCUT2D eigenvalue weighted by molar-refractivity contribution is 0.0697. The van der Waals surface area contributed by atoms with Crippen LogP contribution in [0.3, 0.4) is 0 Å². The second-order valence-electron chi connectivity index (χ2n) is 6.74. The molecule has 0 spiro atoms. The molecule has 8 nitrogen and oxygen atoms in total. The number of likely N-dealkylation sites (N-methyl/N-ethyl adjacent to an activating group) is 1. The van der Waals surface area contributed by atoms with Gasteiger partial charge in [-0.05, 0) is 49.0 Å². The summed E-state index contributed by atoms with van der Waals surface area (Å²) in [7, 11) is -2.35. The molecular weight excluding hydrogens is 394 g/mol. The van der Waals surface area contributed by atoms with Crippen molar-refractivity contribution >= 4 is 27.4 Å². The summed E-state index contributed by atoms with van der Waals surface area (Å²) in [5.74, 6) is -0.548. The van der Waals surface area contributed by atoms with E-state index >= 15 is 0 Å². The Kier molecular flexibility index (Phi) is 6.29. The SMILES string of the molecule is CCN1CCN(c2ccc(NS(=O)(=O)c3ccc(OC)cc3)cc2C(=O)O)CC1. The van der Waals surface area contributed by atoms with Crippen LogP contribution in [0, 0.1) is 0 Å². The molecule has 3 rings (SSSR count). The van der Waals surface area contributed by atoms with E-state index in [0.717, 1.165) is 32.7 Å². The van der Waals surface area contributed by atoms with E-state index in [2.05, 4.69) is 16.5 Å². The molecule has 2 N–H and O–H groups in total. The molecule has 0 unspecified atom stereocenters. The lowest BCUT2D eigenvalue weighted by atomic mass is 10.1. The van der Waals surface area contributed by atoms with Gasteiger partial charge in [0.25, 0.3) is 10.0 Å². The molecule has 156 valence electrons. The molecule has 0 atom stereocenters. The second kappa shape index (κ2) is 8.71. The van der Waals surface area contributed by atoms with Crippen molar-refractivity contribution in [3.63, 3.8) is 0 Å². The van der Waals surface area contributed by atoms with Gasteiger partial charge in [0.1, 0.15) is 5.75 Å². The highest BCUT2D eigenvalue weighted by Crippen LogP contribution is 2.27. The average molecular weight is 420 g/mol. The van der Waals surface area contributed by atoms with Crippen LogP contribution >= 0.6 is 0 Å². The van der Waals surface area contributed by atoms with Crippen molar-refractivity contribution in [1.82, 2.24) is 4.90 Å². The van der Waals surface area contributed by atoms with Crippen LogP contribution in [0.2, 0.25) is 0 Å². The van der Waals surface area contributed by atoms with Crippen LogP contribution in [-0.4, -0.2) is 64.2 Å². The van der Waals surface area contributed by atoms with Gasteiger partial charge in [0.15, 0.2) is 0 Å². The summed E-state index contributed by atoms with van der Waals surface area (Å²) in [6, 6.07) is 10.6. The van der Waals surface area contributed by atoms with Crippen LogP contribution in [0.25, 0.3) is 0 Å². The van der Waals surface area contributed by atoms with Crippen molar-refractivity contribution in [2.24, 2.45) is 0 Å². The van der Waals surface area contributed by atoms with Gasteiger partial charge in [-0.3, -0.25) is 4.72 Å². The van der Waals surface area contributed by atoms with Gasteiger partial charge in [0.05, 0.1) is 23.3 Å². The molecule has 0 amide bonds. The Morgan fingerprint density at radius 1 is 1.10 bits per heavy atom. The van der Waals surface area contributed by atoms with E-state index < -0.39 is 16.0 Å². The van der Waals surface area contributed by atoms with E-state index in [9.17, 15) is 18.3 Å². The van der Waals surface area contributed by atoms with Crippen LogP contribution < -0.4 is 14.4 Å². The number of carboxylic acid groups (broad SMARTS) is 1. The smallest absolute Gasteiger partial charge is 0.337 e. The molecule has 2 aromatic rings. The van der Waals surface area contributed by atoms with E-state index in [1.54, 1.807) is 24.3 Å². The van der Waals surface area contributed by atoms with Crippen molar-refractivity contribution in [2.45, 2.75) is 11.8 Å². The number of rotatable bonds is 7. The highest BCUT2D eigenvalue weighted by Gasteiger charge is 2.22. The first kappa shape index (κ1) is 20.9. The number of ether oxygens (including phenoxy) is 1. The van der Waals surface area contributed by atoms with E-state index in [1.807, 2.05) is 4.90 Å². The topological polar surface area (TPSA) is 99.2 Å². The Bertz CT molecular complexity index is 968. The zero-order valence-corrected chi connectivity index (χ0v) is 17.3. The van der Waals surface area contributed by atoms with Gasteiger partial charge in [-0.25, -0.2) is 13.2 Å². The molecule has 2 aromatic carbocycles. The summed E-state index contributed by atoms with van der Waals surface area (Å²) in [4.78, 5) is 16.2. The van der Waals surface area contributed by atoms with Crippen molar-refractivity contribution in [3.05, 3.63) is 48.0 Å². The Morgan fingerprint density at radius 2 is 1.76 bits per heavy atom. The fourth-order valence-corrected chi connectivity index (χ4v) is 4.37. The number of sulfonamides is 1. The highest BCUT2D eigenvalue weighted by atomic mass is 32.2. The molecule has 9 heteroatoms. The lowest BCUT2D eigenvalue weighted by Gasteiger charge is -2.36. The van der Waals surface area contributed by atoms with Crippen molar-refractivity contribution in [2.75, 3.05) is 49.5 Å². The third kappa shape index (κ3) is 4.80. The number of nitrogens with zero attached hydrogens (tertiary/aromatic N) is 2. The van der Waals surface area contributed by atoms with E-state index in [4.69, 9.17) is 4.74 Å². The molecule has 0 aliphatic carbocycles. The Labute approximate surface area is 170 Å². The summed E-state index contributed by atoms with van der Waals surface area (Å²) in [6.45, 7) is 6.24. The largest absolute Gasteiger partial charge is 0.497 e. The van der Waals surface area contributed by atoms with Gasteiger partial charge in [-0.15, -0.1) is 0 Å². The average Bonchev–Trinajstić information content (AvgIpc) is 2.73. The van der Waals surface area contributed by atoms with Crippen LogP contribution in [0.4, 0.5) is 11.4 Å². The van der Waals surface area contributed by atoms with Crippen LogP contribution in [0.5, 0.6) is 5.75 Å². The quantitative estimate of drug-likeness (QED) is 0.711. The van der Waals surface area contributed by atoms with Crippen LogP contribution in [0.15, 0.2) is 47.4 Å². The summed E-state index contributed by atoms with van der Waals surface area (Å²) in [6.07, 6.45) is 0. The minimum atomic E-state index is -3.85. The van der Waals surface area contributed by atoms with Gasteiger partial charge in [0.2, 0.25) is 0 Å². The molecule has 0 aromatic heterocycles.